The Morgan fingerprint density at radius 2 is 1.69 bits per heavy atom. The molecule has 0 aliphatic rings. The number of nitrogens with two attached hydrogens (primary N) is 1. The SMILES string of the molecule is COc1ncc(-c2ccc3nc(N)n(-c4cccc5ccccc45)c(=O)c3c2)cc1S(=O)(=O)Nc1ccc(F)cc1F. The zero-order valence-electron chi connectivity index (χ0n) is 21.9. The van der Waals surface area contributed by atoms with E-state index in [1.807, 2.05) is 36.4 Å². The Bertz CT molecular complexity index is 2200. The van der Waals surface area contributed by atoms with Gasteiger partial charge in [0.1, 0.15) is 16.5 Å². The van der Waals surface area contributed by atoms with Crippen LogP contribution >= 0.6 is 0 Å². The van der Waals surface area contributed by atoms with Crippen LogP contribution in [0.2, 0.25) is 0 Å². The van der Waals surface area contributed by atoms with Gasteiger partial charge in [0.25, 0.3) is 15.6 Å². The number of hydrogen-bond acceptors (Lipinski definition) is 7. The highest BCUT2D eigenvalue weighted by atomic mass is 32.2. The minimum absolute atomic E-state index is 0.00944. The lowest BCUT2D eigenvalue weighted by atomic mass is 10.1. The number of fused-ring (bicyclic) bond motifs is 2. The number of hydrogen-bond donors (Lipinski definition) is 2. The van der Waals surface area contributed by atoms with Crippen LogP contribution in [-0.4, -0.2) is 30.1 Å². The number of anilines is 2. The third kappa shape index (κ3) is 4.67. The lowest BCUT2D eigenvalue weighted by Crippen LogP contribution is -2.23. The molecule has 0 saturated carbocycles. The lowest BCUT2D eigenvalue weighted by Gasteiger charge is -2.14. The van der Waals surface area contributed by atoms with E-state index in [9.17, 15) is 22.0 Å². The number of aromatic nitrogens is 3. The molecule has 210 valence electrons. The van der Waals surface area contributed by atoms with Gasteiger partial charge >= 0.3 is 0 Å². The highest BCUT2D eigenvalue weighted by Gasteiger charge is 2.24. The third-order valence-electron chi connectivity index (χ3n) is 6.71. The van der Waals surface area contributed by atoms with Crippen LogP contribution in [0.3, 0.4) is 0 Å². The van der Waals surface area contributed by atoms with Gasteiger partial charge in [0.2, 0.25) is 11.8 Å². The third-order valence-corrected chi connectivity index (χ3v) is 8.07. The summed E-state index contributed by atoms with van der Waals surface area (Å²) in [6, 6.07) is 21.6. The molecule has 3 N–H and O–H groups in total. The summed E-state index contributed by atoms with van der Waals surface area (Å²) in [5.41, 5.74) is 7.07. The molecule has 0 atom stereocenters. The van der Waals surface area contributed by atoms with Crippen molar-refractivity contribution in [3.05, 3.63) is 113 Å². The second-order valence-electron chi connectivity index (χ2n) is 9.30. The van der Waals surface area contributed by atoms with Crippen molar-refractivity contribution in [1.29, 1.82) is 0 Å². The number of methoxy groups -OCH3 is 1. The maximum Gasteiger partial charge on any atom is 0.267 e. The number of ether oxygens (including phenoxy) is 1. The fraction of sp³-hybridized carbons (Fsp3) is 0.0333. The molecular formula is C30H21F2N5O4S. The summed E-state index contributed by atoms with van der Waals surface area (Å²) in [7, 11) is -3.20. The molecule has 0 radical (unpaired) electrons. The van der Waals surface area contributed by atoms with E-state index in [2.05, 4.69) is 14.7 Å². The van der Waals surface area contributed by atoms with Crippen molar-refractivity contribution in [2.75, 3.05) is 17.6 Å². The average Bonchev–Trinajstić information content (AvgIpc) is 2.98. The summed E-state index contributed by atoms with van der Waals surface area (Å²) in [4.78, 5) is 22.0. The van der Waals surface area contributed by atoms with Crippen molar-refractivity contribution in [2.45, 2.75) is 4.90 Å². The first kappa shape index (κ1) is 26.8. The number of sulfonamides is 1. The molecule has 0 bridgehead atoms. The lowest BCUT2D eigenvalue weighted by molar-refractivity contribution is 0.385. The van der Waals surface area contributed by atoms with Crippen LogP contribution < -0.4 is 20.8 Å². The molecule has 0 saturated heterocycles. The van der Waals surface area contributed by atoms with Gasteiger partial charge in [-0.1, -0.05) is 42.5 Å². The standard InChI is InChI=1S/C30H21F2N5O4S/c1-41-28-27(42(39,40)36-25-12-10-20(31)15-23(25)32)14-19(16-34-28)18-9-11-24-22(13-18)29(38)37(30(33)35-24)26-8-4-6-17-5-2-3-7-21(17)26/h2-16,36H,1H3,(H2,33,35). The van der Waals surface area contributed by atoms with Crippen LogP contribution in [0, 0.1) is 11.6 Å². The molecule has 0 spiro atoms. The van der Waals surface area contributed by atoms with E-state index in [0.29, 0.717) is 28.4 Å². The van der Waals surface area contributed by atoms with Gasteiger partial charge in [0.15, 0.2) is 0 Å². The van der Waals surface area contributed by atoms with Crippen molar-refractivity contribution in [3.63, 3.8) is 0 Å². The van der Waals surface area contributed by atoms with Crippen LogP contribution in [0.4, 0.5) is 20.4 Å². The topological polar surface area (TPSA) is 129 Å². The zero-order chi connectivity index (χ0) is 29.6. The van der Waals surface area contributed by atoms with Crippen LogP contribution in [0.5, 0.6) is 5.88 Å². The highest BCUT2D eigenvalue weighted by molar-refractivity contribution is 7.92. The Morgan fingerprint density at radius 3 is 2.48 bits per heavy atom. The van der Waals surface area contributed by atoms with Gasteiger partial charge in [-0.3, -0.25) is 9.52 Å². The molecule has 6 rings (SSSR count). The number of halogens is 2. The van der Waals surface area contributed by atoms with Gasteiger partial charge in [-0.15, -0.1) is 0 Å². The summed E-state index contributed by atoms with van der Waals surface area (Å²) in [6.07, 6.45) is 1.38. The summed E-state index contributed by atoms with van der Waals surface area (Å²) < 4.78 is 62.6. The molecular weight excluding hydrogens is 564 g/mol. The van der Waals surface area contributed by atoms with Crippen LogP contribution in [0.25, 0.3) is 38.5 Å². The van der Waals surface area contributed by atoms with Crippen LogP contribution in [0.1, 0.15) is 0 Å². The van der Waals surface area contributed by atoms with Gasteiger partial charge < -0.3 is 10.5 Å². The number of benzene rings is 4. The molecule has 2 aromatic heterocycles. The van der Waals surface area contributed by atoms with E-state index in [4.69, 9.17) is 10.5 Å². The first-order chi connectivity index (χ1) is 20.2. The van der Waals surface area contributed by atoms with Gasteiger partial charge in [0.05, 0.1) is 29.4 Å². The molecule has 0 aliphatic heterocycles. The Morgan fingerprint density at radius 1 is 0.905 bits per heavy atom. The van der Waals surface area contributed by atoms with Crippen molar-refractivity contribution >= 4 is 43.3 Å². The van der Waals surface area contributed by atoms with E-state index < -0.39 is 37.8 Å². The van der Waals surface area contributed by atoms with E-state index >= 15 is 0 Å². The molecule has 2 heterocycles. The average molecular weight is 586 g/mol. The predicted molar refractivity (Wildman–Crippen MR) is 156 cm³/mol. The maximum atomic E-state index is 14.2. The first-order valence-corrected chi connectivity index (χ1v) is 14.0. The summed E-state index contributed by atoms with van der Waals surface area (Å²) in [5, 5.41) is 1.97. The van der Waals surface area contributed by atoms with Crippen molar-refractivity contribution in [1.82, 2.24) is 14.5 Å². The van der Waals surface area contributed by atoms with E-state index in [0.717, 1.165) is 22.9 Å². The van der Waals surface area contributed by atoms with Crippen molar-refractivity contribution in [2.24, 2.45) is 0 Å². The number of nitrogens with zero attached hydrogens (tertiary/aromatic N) is 3. The predicted octanol–water partition coefficient (Wildman–Crippen LogP) is 5.27. The fourth-order valence-electron chi connectivity index (χ4n) is 4.73. The van der Waals surface area contributed by atoms with Crippen LogP contribution in [-0.2, 0) is 10.0 Å². The van der Waals surface area contributed by atoms with Crippen molar-refractivity contribution < 1.29 is 21.9 Å². The van der Waals surface area contributed by atoms with E-state index in [1.54, 1.807) is 24.3 Å². The molecule has 0 aliphatic carbocycles. The second-order valence-corrected chi connectivity index (χ2v) is 11.0. The Hall–Kier alpha value is -5.36. The molecule has 0 amide bonds. The number of rotatable bonds is 6. The summed E-state index contributed by atoms with van der Waals surface area (Å²) in [5.74, 6) is -2.19. The fourth-order valence-corrected chi connectivity index (χ4v) is 5.94. The van der Waals surface area contributed by atoms with Gasteiger partial charge in [-0.2, -0.15) is 0 Å². The molecule has 42 heavy (non-hydrogen) atoms. The highest BCUT2D eigenvalue weighted by Crippen LogP contribution is 2.31. The number of nitrogen functional groups attached to an aromatic ring is 1. The molecule has 4 aromatic carbocycles. The largest absolute Gasteiger partial charge is 0.480 e. The Balaban J connectivity index is 1.48. The molecule has 0 unspecified atom stereocenters. The number of nitrogens with one attached hydrogen (secondary N) is 1. The maximum absolute atomic E-state index is 14.2. The van der Waals surface area contributed by atoms with E-state index in [-0.39, 0.29) is 17.2 Å². The Kier molecular flexibility index (Phi) is 6.54. The normalized spacial score (nSPS) is 11.6. The van der Waals surface area contributed by atoms with Crippen molar-refractivity contribution in [3.8, 4) is 22.7 Å². The van der Waals surface area contributed by atoms with Crippen LogP contribution in [0.15, 0.2) is 101 Å². The second kappa shape index (κ2) is 10.2. The number of pyridine rings is 1. The molecule has 9 nitrogen and oxygen atoms in total. The monoisotopic (exact) mass is 585 g/mol. The molecule has 0 fully saturated rings. The van der Waals surface area contributed by atoms with Gasteiger partial charge in [0, 0.05) is 23.2 Å². The van der Waals surface area contributed by atoms with Gasteiger partial charge in [-0.05, 0) is 47.3 Å². The smallest absolute Gasteiger partial charge is 0.267 e. The zero-order valence-corrected chi connectivity index (χ0v) is 22.7. The molecule has 12 heteroatoms. The minimum Gasteiger partial charge on any atom is -0.480 e. The summed E-state index contributed by atoms with van der Waals surface area (Å²) in [6.45, 7) is 0. The Labute approximate surface area is 237 Å². The quantitative estimate of drug-likeness (QED) is 0.272. The minimum atomic E-state index is -4.44. The summed E-state index contributed by atoms with van der Waals surface area (Å²) >= 11 is 0. The van der Waals surface area contributed by atoms with E-state index in [1.165, 1.54) is 23.9 Å². The molecule has 6 aromatic rings. The first-order valence-electron chi connectivity index (χ1n) is 12.5. The van der Waals surface area contributed by atoms with Gasteiger partial charge in [-0.25, -0.2) is 31.7 Å².